The van der Waals surface area contributed by atoms with E-state index in [0.717, 1.165) is 24.6 Å². The van der Waals surface area contributed by atoms with Crippen LogP contribution in [-0.2, 0) is 4.79 Å². The minimum Gasteiger partial charge on any atom is -0.355 e. The highest BCUT2D eigenvalue weighted by Crippen LogP contribution is 2.24. The lowest BCUT2D eigenvalue weighted by Gasteiger charge is -2.11. The van der Waals surface area contributed by atoms with Gasteiger partial charge >= 0.3 is 0 Å². The molecule has 0 saturated heterocycles. The van der Waals surface area contributed by atoms with Gasteiger partial charge in [-0.3, -0.25) is 4.79 Å². The van der Waals surface area contributed by atoms with Crippen LogP contribution in [0, 0.1) is 11.6 Å². The molecule has 0 radical (unpaired) electrons. The van der Waals surface area contributed by atoms with E-state index in [1.165, 1.54) is 0 Å². The van der Waals surface area contributed by atoms with Crippen LogP contribution in [0.15, 0.2) is 18.2 Å². The molecule has 0 aliphatic heterocycles. The Labute approximate surface area is 97.6 Å². The Kier molecular flexibility index (Phi) is 4.68. The minimum absolute atomic E-state index is 0.143. The Hall–Kier alpha value is -1.16. The van der Waals surface area contributed by atoms with Crippen LogP contribution < -0.4 is 5.32 Å². The molecule has 16 heavy (non-hydrogen) atoms. The topological polar surface area (TPSA) is 29.1 Å². The molecule has 1 unspecified atom stereocenters. The van der Waals surface area contributed by atoms with Crippen LogP contribution in [0.3, 0.4) is 0 Å². The van der Waals surface area contributed by atoms with E-state index >= 15 is 0 Å². The van der Waals surface area contributed by atoms with Crippen molar-refractivity contribution in [3.8, 4) is 0 Å². The molecule has 0 aliphatic carbocycles. The predicted molar refractivity (Wildman–Crippen MR) is 58.3 cm³/mol. The molecule has 0 fully saturated rings. The largest absolute Gasteiger partial charge is 0.355 e. The van der Waals surface area contributed by atoms with Gasteiger partial charge in [-0.1, -0.05) is 6.92 Å². The quantitative estimate of drug-likeness (QED) is 0.815. The molecule has 5 heteroatoms. The monoisotopic (exact) mass is 247 g/mol. The average molecular weight is 248 g/mol. The maximum Gasteiger partial charge on any atom is 0.242 e. The number of carbonyl (C=O) groups excluding carboxylic acids is 1. The van der Waals surface area contributed by atoms with Gasteiger partial charge in [0, 0.05) is 12.1 Å². The SMILES string of the molecule is CCCNC(=O)C(Cl)c1cc(F)ccc1F. The molecule has 2 nitrogen and oxygen atoms in total. The smallest absolute Gasteiger partial charge is 0.242 e. The van der Waals surface area contributed by atoms with Gasteiger partial charge in [0.1, 0.15) is 17.0 Å². The normalized spacial score (nSPS) is 12.2. The first kappa shape index (κ1) is 12.9. The van der Waals surface area contributed by atoms with E-state index in [1.807, 2.05) is 6.92 Å². The van der Waals surface area contributed by atoms with Crippen molar-refractivity contribution >= 4 is 17.5 Å². The van der Waals surface area contributed by atoms with Crippen LogP contribution >= 0.6 is 11.6 Å². The molecular weight excluding hydrogens is 236 g/mol. The number of hydrogen-bond acceptors (Lipinski definition) is 1. The standard InChI is InChI=1S/C11H12ClF2NO/c1-2-5-15-11(16)10(12)8-6-7(13)3-4-9(8)14/h3-4,6,10H,2,5H2,1H3,(H,15,16). The van der Waals surface area contributed by atoms with Crippen LogP contribution in [0.25, 0.3) is 0 Å². The van der Waals surface area contributed by atoms with Crippen LogP contribution in [0.5, 0.6) is 0 Å². The second-order valence-electron chi connectivity index (χ2n) is 3.32. The van der Waals surface area contributed by atoms with Crippen LogP contribution in [0.1, 0.15) is 24.3 Å². The molecule has 1 rings (SSSR count). The van der Waals surface area contributed by atoms with E-state index in [4.69, 9.17) is 11.6 Å². The summed E-state index contributed by atoms with van der Waals surface area (Å²) in [6.07, 6.45) is 0.751. The summed E-state index contributed by atoms with van der Waals surface area (Å²) in [7, 11) is 0. The Bertz CT molecular complexity index is 384. The lowest BCUT2D eigenvalue weighted by atomic mass is 10.1. The zero-order valence-electron chi connectivity index (χ0n) is 8.77. The Morgan fingerprint density at radius 1 is 1.50 bits per heavy atom. The van der Waals surface area contributed by atoms with Crippen molar-refractivity contribution in [1.29, 1.82) is 0 Å². The van der Waals surface area contributed by atoms with Crippen molar-refractivity contribution in [2.45, 2.75) is 18.7 Å². The number of hydrogen-bond donors (Lipinski definition) is 1. The van der Waals surface area contributed by atoms with Gasteiger partial charge in [0.2, 0.25) is 5.91 Å². The molecule has 0 aromatic heterocycles. The summed E-state index contributed by atoms with van der Waals surface area (Å²) < 4.78 is 26.1. The fourth-order valence-corrected chi connectivity index (χ4v) is 1.43. The van der Waals surface area contributed by atoms with Crippen LogP contribution in [0.4, 0.5) is 8.78 Å². The van der Waals surface area contributed by atoms with E-state index in [1.54, 1.807) is 0 Å². The first-order valence-corrected chi connectivity index (χ1v) is 5.36. The summed E-state index contributed by atoms with van der Waals surface area (Å²) in [5, 5.41) is 1.31. The molecule has 0 spiro atoms. The number of amides is 1. The highest BCUT2D eigenvalue weighted by molar-refractivity contribution is 6.30. The fraction of sp³-hybridized carbons (Fsp3) is 0.364. The number of nitrogens with one attached hydrogen (secondary N) is 1. The summed E-state index contributed by atoms with van der Waals surface area (Å²) in [6.45, 7) is 2.34. The van der Waals surface area contributed by atoms with Crippen molar-refractivity contribution in [2.24, 2.45) is 0 Å². The molecular formula is C11H12ClF2NO. The van der Waals surface area contributed by atoms with E-state index in [-0.39, 0.29) is 5.56 Å². The lowest BCUT2D eigenvalue weighted by molar-refractivity contribution is -0.120. The van der Waals surface area contributed by atoms with E-state index in [9.17, 15) is 13.6 Å². The summed E-state index contributed by atoms with van der Waals surface area (Å²) in [6, 6.07) is 2.86. The summed E-state index contributed by atoms with van der Waals surface area (Å²) in [4.78, 5) is 11.4. The van der Waals surface area contributed by atoms with Crippen molar-refractivity contribution in [3.63, 3.8) is 0 Å². The minimum atomic E-state index is -1.21. The van der Waals surface area contributed by atoms with E-state index in [2.05, 4.69) is 5.32 Å². The van der Waals surface area contributed by atoms with Gasteiger partial charge in [0.15, 0.2) is 0 Å². The number of alkyl halides is 1. The maximum absolute atomic E-state index is 13.3. The zero-order chi connectivity index (χ0) is 12.1. The lowest BCUT2D eigenvalue weighted by Crippen LogP contribution is -2.28. The molecule has 0 aliphatic rings. The van der Waals surface area contributed by atoms with Crippen molar-refractivity contribution in [3.05, 3.63) is 35.4 Å². The van der Waals surface area contributed by atoms with Crippen molar-refractivity contribution in [2.75, 3.05) is 6.54 Å². The van der Waals surface area contributed by atoms with Crippen LogP contribution in [-0.4, -0.2) is 12.5 Å². The van der Waals surface area contributed by atoms with Crippen molar-refractivity contribution in [1.82, 2.24) is 5.32 Å². The molecule has 1 amide bonds. The molecule has 88 valence electrons. The highest BCUT2D eigenvalue weighted by atomic mass is 35.5. The Morgan fingerprint density at radius 3 is 2.81 bits per heavy atom. The Morgan fingerprint density at radius 2 is 2.19 bits per heavy atom. The van der Waals surface area contributed by atoms with Gasteiger partial charge < -0.3 is 5.32 Å². The third kappa shape index (κ3) is 3.17. The molecule has 1 aromatic rings. The van der Waals surface area contributed by atoms with Gasteiger partial charge in [-0.25, -0.2) is 8.78 Å². The number of rotatable bonds is 4. The molecule has 1 N–H and O–H groups in total. The molecule has 0 saturated carbocycles. The van der Waals surface area contributed by atoms with Crippen LogP contribution in [0.2, 0.25) is 0 Å². The summed E-state index contributed by atoms with van der Waals surface area (Å²) >= 11 is 5.75. The molecule has 1 atom stereocenters. The van der Waals surface area contributed by atoms with Gasteiger partial charge in [-0.2, -0.15) is 0 Å². The first-order chi connectivity index (χ1) is 7.56. The second-order valence-corrected chi connectivity index (χ2v) is 3.76. The van der Waals surface area contributed by atoms with Gasteiger partial charge in [0.25, 0.3) is 0 Å². The molecule has 0 heterocycles. The van der Waals surface area contributed by atoms with Gasteiger partial charge in [-0.05, 0) is 24.6 Å². The van der Waals surface area contributed by atoms with Crippen molar-refractivity contribution < 1.29 is 13.6 Å². The number of halogens is 3. The van der Waals surface area contributed by atoms with E-state index < -0.39 is 22.9 Å². The zero-order valence-corrected chi connectivity index (χ0v) is 9.52. The second kappa shape index (κ2) is 5.80. The molecule has 0 bridgehead atoms. The Balaban J connectivity index is 2.82. The van der Waals surface area contributed by atoms with Gasteiger partial charge in [-0.15, -0.1) is 11.6 Å². The average Bonchev–Trinajstić information content (AvgIpc) is 2.28. The van der Waals surface area contributed by atoms with E-state index in [0.29, 0.717) is 6.54 Å². The summed E-state index contributed by atoms with van der Waals surface area (Å²) in [5.74, 6) is -1.83. The highest BCUT2D eigenvalue weighted by Gasteiger charge is 2.21. The third-order valence-corrected chi connectivity index (χ3v) is 2.44. The summed E-state index contributed by atoms with van der Waals surface area (Å²) in [5.41, 5.74) is -0.143. The maximum atomic E-state index is 13.3. The number of benzene rings is 1. The molecule has 1 aromatic carbocycles. The predicted octanol–water partition coefficient (Wildman–Crippen LogP) is 2.77. The fourth-order valence-electron chi connectivity index (χ4n) is 1.19. The third-order valence-electron chi connectivity index (χ3n) is 2.01. The first-order valence-electron chi connectivity index (χ1n) is 4.93. The number of carbonyl (C=O) groups is 1. The van der Waals surface area contributed by atoms with Gasteiger partial charge in [0.05, 0.1) is 0 Å².